The van der Waals surface area contributed by atoms with E-state index in [-0.39, 0.29) is 18.4 Å². The van der Waals surface area contributed by atoms with E-state index in [1.807, 2.05) is 6.07 Å². The van der Waals surface area contributed by atoms with Crippen molar-refractivity contribution in [1.82, 2.24) is 9.47 Å². The van der Waals surface area contributed by atoms with Crippen LogP contribution in [-0.2, 0) is 16.1 Å². The number of carbonyl (C=O) groups excluding carboxylic acids is 1. The molecule has 24 heavy (non-hydrogen) atoms. The zero-order valence-corrected chi connectivity index (χ0v) is 13.4. The van der Waals surface area contributed by atoms with E-state index in [1.54, 1.807) is 23.1 Å². The average molecular weight is 328 g/mol. The summed E-state index contributed by atoms with van der Waals surface area (Å²) in [6.45, 7) is 2.18. The molecule has 1 aromatic carbocycles. The van der Waals surface area contributed by atoms with Crippen LogP contribution in [0.2, 0.25) is 0 Å². The van der Waals surface area contributed by atoms with Gasteiger partial charge in [0.1, 0.15) is 13.2 Å². The summed E-state index contributed by atoms with van der Waals surface area (Å²) < 4.78 is 11.9. The molecular formula is C18H20N2O4. The standard InChI is InChI=1S/C18H20N2O4/c1-2-10-23-13-14-6-5-9-19(11-14)17(21)12-20-15-7-3-4-8-16(15)24-18(20)22/h1,3-4,7-8,14H,5-6,9-13H2. The molecule has 2 heterocycles. The lowest BCUT2D eigenvalue weighted by molar-refractivity contribution is -0.134. The van der Waals surface area contributed by atoms with Gasteiger partial charge in [0, 0.05) is 13.1 Å². The highest BCUT2D eigenvalue weighted by molar-refractivity contribution is 5.79. The van der Waals surface area contributed by atoms with Crippen molar-refractivity contribution in [2.24, 2.45) is 5.92 Å². The third-order valence-corrected chi connectivity index (χ3v) is 4.28. The lowest BCUT2D eigenvalue weighted by atomic mass is 9.99. The number of amides is 1. The van der Waals surface area contributed by atoms with Gasteiger partial charge in [-0.2, -0.15) is 0 Å². The fourth-order valence-corrected chi connectivity index (χ4v) is 3.11. The van der Waals surface area contributed by atoms with E-state index in [4.69, 9.17) is 15.6 Å². The van der Waals surface area contributed by atoms with Crippen LogP contribution in [0.3, 0.4) is 0 Å². The molecule has 0 saturated carbocycles. The fourth-order valence-electron chi connectivity index (χ4n) is 3.11. The number of benzene rings is 1. The molecule has 0 aliphatic carbocycles. The molecule has 3 rings (SSSR count). The molecule has 1 saturated heterocycles. The van der Waals surface area contributed by atoms with Crippen molar-refractivity contribution in [1.29, 1.82) is 0 Å². The van der Waals surface area contributed by atoms with E-state index < -0.39 is 5.76 Å². The number of oxazole rings is 1. The van der Waals surface area contributed by atoms with Gasteiger partial charge in [-0.15, -0.1) is 6.42 Å². The lowest BCUT2D eigenvalue weighted by Gasteiger charge is -2.32. The molecule has 0 spiro atoms. The second-order valence-corrected chi connectivity index (χ2v) is 5.99. The van der Waals surface area contributed by atoms with Crippen molar-refractivity contribution in [2.75, 3.05) is 26.3 Å². The molecule has 0 N–H and O–H groups in total. The Kier molecular flexibility index (Phi) is 5.02. The number of piperidine rings is 1. The monoisotopic (exact) mass is 328 g/mol. The van der Waals surface area contributed by atoms with E-state index in [0.29, 0.717) is 37.4 Å². The van der Waals surface area contributed by atoms with E-state index in [9.17, 15) is 9.59 Å². The predicted octanol–water partition coefficient (Wildman–Crippen LogP) is 1.48. The summed E-state index contributed by atoms with van der Waals surface area (Å²) in [5, 5.41) is 0. The molecule has 6 heteroatoms. The Hall–Kier alpha value is -2.52. The Labute approximate surface area is 140 Å². The first kappa shape index (κ1) is 16.3. The van der Waals surface area contributed by atoms with Gasteiger partial charge in [-0.3, -0.25) is 9.36 Å². The zero-order valence-electron chi connectivity index (χ0n) is 13.4. The van der Waals surface area contributed by atoms with Gasteiger partial charge in [0.25, 0.3) is 0 Å². The Morgan fingerprint density at radius 2 is 2.25 bits per heavy atom. The summed E-state index contributed by atoms with van der Waals surface area (Å²) >= 11 is 0. The maximum absolute atomic E-state index is 12.6. The molecule has 1 aliphatic rings. The number of hydrogen-bond donors (Lipinski definition) is 0. The summed E-state index contributed by atoms with van der Waals surface area (Å²) in [5.41, 5.74) is 1.14. The largest absolute Gasteiger partial charge is 0.420 e. The number of nitrogens with zero attached hydrogens (tertiary/aromatic N) is 2. The highest BCUT2D eigenvalue weighted by Crippen LogP contribution is 2.18. The lowest BCUT2D eigenvalue weighted by Crippen LogP contribution is -2.43. The molecule has 1 atom stereocenters. The van der Waals surface area contributed by atoms with Gasteiger partial charge >= 0.3 is 5.76 Å². The first-order valence-corrected chi connectivity index (χ1v) is 8.06. The quantitative estimate of drug-likeness (QED) is 0.616. The normalized spacial score (nSPS) is 17.8. The third kappa shape index (κ3) is 3.52. The zero-order chi connectivity index (χ0) is 16.9. The van der Waals surface area contributed by atoms with Gasteiger partial charge in [-0.25, -0.2) is 4.79 Å². The van der Waals surface area contributed by atoms with Gasteiger partial charge in [-0.1, -0.05) is 18.1 Å². The van der Waals surface area contributed by atoms with Crippen LogP contribution in [0.25, 0.3) is 11.1 Å². The number of aromatic nitrogens is 1. The van der Waals surface area contributed by atoms with E-state index >= 15 is 0 Å². The number of rotatable bonds is 5. The Balaban J connectivity index is 1.67. The SMILES string of the molecule is C#CCOCC1CCCN(C(=O)Cn2c(=O)oc3ccccc32)C1. The molecule has 6 nitrogen and oxygen atoms in total. The second kappa shape index (κ2) is 7.37. The smallest absolute Gasteiger partial charge is 0.408 e. The summed E-state index contributed by atoms with van der Waals surface area (Å²) in [4.78, 5) is 26.4. The average Bonchev–Trinajstić information content (AvgIpc) is 2.91. The minimum Gasteiger partial charge on any atom is -0.408 e. The molecule has 0 bridgehead atoms. The minimum absolute atomic E-state index is 0.00617. The maximum atomic E-state index is 12.6. The fraction of sp³-hybridized carbons (Fsp3) is 0.444. The van der Waals surface area contributed by atoms with Crippen LogP contribution in [0.4, 0.5) is 0 Å². The number of carbonyl (C=O) groups is 1. The second-order valence-electron chi connectivity index (χ2n) is 5.99. The summed E-state index contributed by atoms with van der Waals surface area (Å²) in [7, 11) is 0. The Morgan fingerprint density at radius 1 is 1.42 bits per heavy atom. The molecule has 1 aliphatic heterocycles. The van der Waals surface area contributed by atoms with Crippen LogP contribution in [0, 0.1) is 18.3 Å². The van der Waals surface area contributed by atoms with Crippen LogP contribution in [-0.4, -0.2) is 41.7 Å². The van der Waals surface area contributed by atoms with Crippen LogP contribution < -0.4 is 5.76 Å². The van der Waals surface area contributed by atoms with Crippen molar-refractivity contribution >= 4 is 17.0 Å². The van der Waals surface area contributed by atoms with Crippen molar-refractivity contribution in [2.45, 2.75) is 19.4 Å². The first-order valence-electron chi connectivity index (χ1n) is 8.06. The van der Waals surface area contributed by atoms with Gasteiger partial charge in [-0.05, 0) is 30.9 Å². The van der Waals surface area contributed by atoms with Crippen molar-refractivity contribution in [3.8, 4) is 12.3 Å². The van der Waals surface area contributed by atoms with E-state index in [0.717, 1.165) is 12.8 Å². The van der Waals surface area contributed by atoms with Crippen LogP contribution in [0.5, 0.6) is 0 Å². The number of para-hydroxylation sites is 2. The minimum atomic E-state index is -0.504. The topological polar surface area (TPSA) is 64.7 Å². The first-order chi connectivity index (χ1) is 11.7. The van der Waals surface area contributed by atoms with Gasteiger partial charge in [0.2, 0.25) is 5.91 Å². The number of hydrogen-bond acceptors (Lipinski definition) is 4. The third-order valence-electron chi connectivity index (χ3n) is 4.28. The van der Waals surface area contributed by atoms with Gasteiger partial charge < -0.3 is 14.1 Å². The molecule has 1 fully saturated rings. The van der Waals surface area contributed by atoms with Crippen LogP contribution >= 0.6 is 0 Å². The molecule has 0 radical (unpaired) electrons. The molecular weight excluding hydrogens is 308 g/mol. The van der Waals surface area contributed by atoms with Crippen molar-refractivity contribution in [3.63, 3.8) is 0 Å². The van der Waals surface area contributed by atoms with Gasteiger partial charge in [0.15, 0.2) is 5.58 Å². The highest BCUT2D eigenvalue weighted by Gasteiger charge is 2.25. The molecule has 126 valence electrons. The summed E-state index contributed by atoms with van der Waals surface area (Å²) in [5.74, 6) is 2.15. The van der Waals surface area contributed by atoms with E-state index in [2.05, 4.69) is 5.92 Å². The Bertz CT molecular complexity index is 814. The molecule has 1 unspecified atom stereocenters. The van der Waals surface area contributed by atoms with Crippen molar-refractivity contribution in [3.05, 3.63) is 34.8 Å². The van der Waals surface area contributed by atoms with Crippen LogP contribution in [0.1, 0.15) is 12.8 Å². The Morgan fingerprint density at radius 3 is 3.08 bits per heavy atom. The van der Waals surface area contributed by atoms with Crippen LogP contribution in [0.15, 0.2) is 33.5 Å². The molecule has 1 amide bonds. The predicted molar refractivity (Wildman–Crippen MR) is 89.4 cm³/mol. The molecule has 1 aromatic heterocycles. The number of ether oxygens (including phenoxy) is 1. The summed E-state index contributed by atoms with van der Waals surface area (Å²) in [6.07, 6.45) is 7.12. The van der Waals surface area contributed by atoms with E-state index in [1.165, 1.54) is 4.57 Å². The van der Waals surface area contributed by atoms with Gasteiger partial charge in [0.05, 0.1) is 12.1 Å². The summed E-state index contributed by atoms with van der Waals surface area (Å²) in [6, 6.07) is 7.11. The highest BCUT2D eigenvalue weighted by atomic mass is 16.5. The number of fused-ring (bicyclic) bond motifs is 1. The number of terminal acetylenes is 1. The molecule has 2 aromatic rings. The van der Waals surface area contributed by atoms with Crippen molar-refractivity contribution < 1.29 is 13.9 Å². The number of likely N-dealkylation sites (tertiary alicyclic amines) is 1. The maximum Gasteiger partial charge on any atom is 0.420 e.